The monoisotopic (exact) mass is 218 g/mol. The quantitative estimate of drug-likeness (QED) is 0.477. The van der Waals surface area contributed by atoms with Crippen LogP contribution in [0.5, 0.6) is 0 Å². The molecule has 0 aromatic heterocycles. The number of carbonyl (C=O) groups excluding carboxylic acids is 2. The highest BCUT2D eigenvalue weighted by atomic mass is 16.2. The Hall–Kier alpha value is -1.50. The zero-order valence-corrected chi connectivity index (χ0v) is 9.11. The molecule has 84 valence electrons. The summed E-state index contributed by atoms with van der Waals surface area (Å²) in [5.41, 5.74) is 0.0552. The van der Waals surface area contributed by atoms with Crippen molar-refractivity contribution >= 4 is 11.8 Å². The maximum Gasteiger partial charge on any atom is 0.312 e. The van der Waals surface area contributed by atoms with Crippen LogP contribution in [0.25, 0.3) is 0 Å². The van der Waals surface area contributed by atoms with E-state index >= 15 is 0 Å². The van der Waals surface area contributed by atoms with Gasteiger partial charge in [0.1, 0.15) is 0 Å². The minimum absolute atomic E-state index is 0.0552. The summed E-state index contributed by atoms with van der Waals surface area (Å²) in [7, 11) is 0. The summed E-state index contributed by atoms with van der Waals surface area (Å²) >= 11 is 0. The van der Waals surface area contributed by atoms with Crippen molar-refractivity contribution in [2.75, 3.05) is 19.6 Å². The van der Waals surface area contributed by atoms with Crippen LogP contribution < -0.4 is 0 Å². The number of piperazine rings is 1. The standard InChI is InChI=1S/C12H14N2O2/c1-2-3-13-4-5-14(11(16)10(13)15)12-6-9(7-12)8-12/h1,9H,3-8H2. The van der Waals surface area contributed by atoms with Crippen molar-refractivity contribution < 1.29 is 9.59 Å². The minimum atomic E-state index is -0.422. The van der Waals surface area contributed by atoms with E-state index in [2.05, 4.69) is 5.92 Å². The van der Waals surface area contributed by atoms with Crippen LogP contribution in [0.2, 0.25) is 0 Å². The summed E-state index contributed by atoms with van der Waals surface area (Å²) in [4.78, 5) is 27.0. The van der Waals surface area contributed by atoms with E-state index in [1.165, 1.54) is 4.90 Å². The Labute approximate surface area is 94.6 Å². The lowest BCUT2D eigenvalue weighted by molar-refractivity contribution is -0.185. The average Bonchev–Trinajstić information content (AvgIpc) is 2.13. The first kappa shape index (κ1) is 9.71. The van der Waals surface area contributed by atoms with Gasteiger partial charge < -0.3 is 9.80 Å². The van der Waals surface area contributed by atoms with E-state index in [1.807, 2.05) is 0 Å². The van der Waals surface area contributed by atoms with Crippen LogP contribution in [0.1, 0.15) is 19.3 Å². The first-order valence-electron chi connectivity index (χ1n) is 5.71. The Morgan fingerprint density at radius 3 is 2.44 bits per heavy atom. The molecule has 0 aromatic carbocycles. The summed E-state index contributed by atoms with van der Waals surface area (Å²) < 4.78 is 0. The van der Waals surface area contributed by atoms with E-state index < -0.39 is 5.91 Å². The van der Waals surface area contributed by atoms with Gasteiger partial charge in [0, 0.05) is 18.6 Å². The fourth-order valence-corrected chi connectivity index (χ4v) is 3.15. The lowest BCUT2D eigenvalue weighted by Crippen LogP contribution is -2.73. The van der Waals surface area contributed by atoms with Crippen LogP contribution >= 0.6 is 0 Å². The van der Waals surface area contributed by atoms with Crippen molar-refractivity contribution in [3.8, 4) is 12.3 Å². The fraction of sp³-hybridized carbons (Fsp3) is 0.667. The summed E-state index contributed by atoms with van der Waals surface area (Å²) in [6.45, 7) is 1.48. The third-order valence-corrected chi connectivity index (χ3v) is 4.17. The van der Waals surface area contributed by atoms with Crippen LogP contribution in [-0.4, -0.2) is 46.8 Å². The highest BCUT2D eigenvalue weighted by Crippen LogP contribution is 2.60. The van der Waals surface area contributed by atoms with Gasteiger partial charge in [0.25, 0.3) is 0 Å². The molecule has 0 N–H and O–H groups in total. The maximum absolute atomic E-state index is 11.9. The van der Waals surface area contributed by atoms with E-state index in [9.17, 15) is 9.59 Å². The molecule has 4 aliphatic rings. The molecule has 0 atom stereocenters. The molecule has 3 saturated carbocycles. The Kier molecular flexibility index (Phi) is 1.82. The number of amides is 2. The third kappa shape index (κ3) is 1.06. The topological polar surface area (TPSA) is 40.6 Å². The van der Waals surface area contributed by atoms with Gasteiger partial charge in [-0.2, -0.15) is 0 Å². The Morgan fingerprint density at radius 1 is 1.25 bits per heavy atom. The van der Waals surface area contributed by atoms with Crippen LogP contribution in [0.4, 0.5) is 0 Å². The van der Waals surface area contributed by atoms with Crippen molar-refractivity contribution in [1.82, 2.24) is 9.80 Å². The number of terminal acetylenes is 1. The molecule has 2 bridgehead atoms. The Morgan fingerprint density at radius 2 is 1.94 bits per heavy atom. The number of hydrogen-bond acceptors (Lipinski definition) is 2. The van der Waals surface area contributed by atoms with Gasteiger partial charge in [0.05, 0.1) is 6.54 Å². The average molecular weight is 218 g/mol. The third-order valence-electron chi connectivity index (χ3n) is 4.17. The second-order valence-corrected chi connectivity index (χ2v) is 5.09. The molecular formula is C12H14N2O2. The molecule has 0 aromatic rings. The van der Waals surface area contributed by atoms with E-state index in [1.54, 1.807) is 4.90 Å². The predicted molar refractivity (Wildman–Crippen MR) is 57.2 cm³/mol. The summed E-state index contributed by atoms with van der Waals surface area (Å²) in [6.07, 6.45) is 8.46. The molecule has 1 saturated heterocycles. The highest BCUT2D eigenvalue weighted by Gasteiger charge is 2.62. The fourth-order valence-electron chi connectivity index (χ4n) is 3.15. The normalized spacial score (nSPS) is 36.6. The minimum Gasteiger partial charge on any atom is -0.327 e. The van der Waals surface area contributed by atoms with Gasteiger partial charge >= 0.3 is 11.8 Å². The molecule has 0 unspecified atom stereocenters. The van der Waals surface area contributed by atoms with Crippen LogP contribution in [0, 0.1) is 18.3 Å². The molecule has 4 nitrogen and oxygen atoms in total. The number of carbonyl (C=O) groups is 2. The summed E-state index contributed by atoms with van der Waals surface area (Å²) in [5.74, 6) is 2.46. The SMILES string of the molecule is C#CCN1CCN(C23CC(C2)C3)C(=O)C1=O. The van der Waals surface area contributed by atoms with Crippen molar-refractivity contribution in [3.05, 3.63) is 0 Å². The van der Waals surface area contributed by atoms with E-state index in [0.717, 1.165) is 25.2 Å². The number of nitrogens with zero attached hydrogens (tertiary/aromatic N) is 2. The van der Waals surface area contributed by atoms with E-state index in [-0.39, 0.29) is 18.0 Å². The van der Waals surface area contributed by atoms with Gasteiger partial charge in [-0.15, -0.1) is 6.42 Å². The molecule has 3 aliphatic carbocycles. The van der Waals surface area contributed by atoms with E-state index in [4.69, 9.17) is 6.42 Å². The molecule has 2 amide bonds. The van der Waals surface area contributed by atoms with Crippen molar-refractivity contribution in [1.29, 1.82) is 0 Å². The summed E-state index contributed by atoms with van der Waals surface area (Å²) in [5, 5.41) is 0. The highest BCUT2D eigenvalue weighted by molar-refractivity contribution is 6.35. The smallest absolute Gasteiger partial charge is 0.312 e. The van der Waals surface area contributed by atoms with Crippen LogP contribution in [0.3, 0.4) is 0 Å². The number of hydrogen-bond donors (Lipinski definition) is 0. The molecule has 16 heavy (non-hydrogen) atoms. The second-order valence-electron chi connectivity index (χ2n) is 5.09. The zero-order chi connectivity index (χ0) is 11.3. The molecule has 0 spiro atoms. The van der Waals surface area contributed by atoms with Crippen LogP contribution in [0.15, 0.2) is 0 Å². The van der Waals surface area contributed by atoms with Gasteiger partial charge in [-0.1, -0.05) is 5.92 Å². The first-order chi connectivity index (χ1) is 7.66. The van der Waals surface area contributed by atoms with Crippen molar-refractivity contribution in [2.24, 2.45) is 5.92 Å². The molecule has 4 heteroatoms. The second kappa shape index (κ2) is 3.00. The van der Waals surface area contributed by atoms with Crippen molar-refractivity contribution in [2.45, 2.75) is 24.8 Å². The van der Waals surface area contributed by atoms with Gasteiger partial charge in [-0.3, -0.25) is 9.59 Å². The van der Waals surface area contributed by atoms with Gasteiger partial charge in [-0.25, -0.2) is 0 Å². The molecule has 1 heterocycles. The molecule has 0 radical (unpaired) electrons. The molecule has 4 fully saturated rings. The van der Waals surface area contributed by atoms with Gasteiger partial charge in [-0.05, 0) is 25.2 Å². The van der Waals surface area contributed by atoms with Crippen molar-refractivity contribution in [3.63, 3.8) is 0 Å². The van der Waals surface area contributed by atoms with Gasteiger partial charge in [0.15, 0.2) is 0 Å². The first-order valence-corrected chi connectivity index (χ1v) is 5.71. The van der Waals surface area contributed by atoms with E-state index in [0.29, 0.717) is 13.1 Å². The molecule has 4 rings (SSSR count). The Balaban J connectivity index is 1.74. The molecule has 1 aliphatic heterocycles. The largest absolute Gasteiger partial charge is 0.327 e. The van der Waals surface area contributed by atoms with Crippen LogP contribution in [-0.2, 0) is 9.59 Å². The number of rotatable bonds is 2. The zero-order valence-electron chi connectivity index (χ0n) is 9.11. The molecular weight excluding hydrogens is 204 g/mol. The summed E-state index contributed by atoms with van der Waals surface area (Å²) in [6, 6.07) is 0. The predicted octanol–water partition coefficient (Wildman–Crippen LogP) is -0.157. The lowest BCUT2D eigenvalue weighted by Gasteiger charge is -2.66. The maximum atomic E-state index is 11.9. The van der Waals surface area contributed by atoms with Gasteiger partial charge in [0.2, 0.25) is 0 Å². The Bertz CT molecular complexity index is 393. The lowest BCUT2D eigenvalue weighted by atomic mass is 9.49.